The Balaban J connectivity index is 2.26. The van der Waals surface area contributed by atoms with Crippen LogP contribution in [0.15, 0.2) is 49.4 Å². The third kappa shape index (κ3) is 7.32. The first-order valence-corrected chi connectivity index (χ1v) is 7.21. The number of ether oxygens (including phenoxy) is 2. The number of esters is 2. The molecule has 0 aliphatic carbocycles. The summed E-state index contributed by atoms with van der Waals surface area (Å²) in [7, 11) is 3.73. The smallest absolute Gasteiger partial charge is 0.379 e. The lowest BCUT2D eigenvalue weighted by molar-refractivity contribution is -0.255. The summed E-state index contributed by atoms with van der Waals surface area (Å²) in [5.41, 5.74) is 1.14. The fourth-order valence-corrected chi connectivity index (χ4v) is 1.52. The first-order valence-electron chi connectivity index (χ1n) is 7.21. The molecule has 0 N–H and O–H groups in total. The second-order valence-corrected chi connectivity index (χ2v) is 4.74. The third-order valence-electron chi connectivity index (χ3n) is 2.76. The molecule has 25 heavy (non-hydrogen) atoms. The number of carbonyl (C=O) groups is 3. The Morgan fingerprint density at radius 1 is 1.08 bits per heavy atom. The van der Waals surface area contributed by atoms with Crippen LogP contribution < -0.4 is 4.90 Å². The van der Waals surface area contributed by atoms with Gasteiger partial charge in [-0.1, -0.05) is 6.58 Å². The minimum atomic E-state index is -0.989. The van der Waals surface area contributed by atoms with E-state index in [-0.39, 0.29) is 18.8 Å². The van der Waals surface area contributed by atoms with Gasteiger partial charge in [0.1, 0.15) is 19.5 Å². The molecule has 8 heteroatoms. The standard InChI is InChI=1S/C17H19NO7/c1-4-15(19)22-9-11-24-25-12-10-23-17(21)16(20)13-5-7-14(8-6-13)18(2)3/h4-9,11H,1,10,12H2,2-3H3/b11-9-. The molecule has 0 saturated heterocycles. The van der Waals surface area contributed by atoms with Crippen LogP contribution in [0.25, 0.3) is 0 Å². The number of Topliss-reactive ketones (excluding diaryl/α,β-unsaturated/α-hetero) is 1. The van der Waals surface area contributed by atoms with Gasteiger partial charge in [0.2, 0.25) is 0 Å². The SMILES string of the molecule is C=CC(=O)O/C=C\OOCCOC(=O)C(=O)c1ccc(N(C)C)cc1. The summed E-state index contributed by atoms with van der Waals surface area (Å²) in [5.74, 6) is -2.38. The molecule has 0 radical (unpaired) electrons. The predicted octanol–water partition coefficient (Wildman–Crippen LogP) is 1.63. The van der Waals surface area contributed by atoms with E-state index in [1.165, 1.54) is 0 Å². The van der Waals surface area contributed by atoms with Crippen molar-refractivity contribution < 1.29 is 33.6 Å². The molecule has 0 amide bonds. The molecule has 8 nitrogen and oxygen atoms in total. The summed E-state index contributed by atoms with van der Waals surface area (Å²) >= 11 is 0. The second kappa shape index (κ2) is 10.6. The van der Waals surface area contributed by atoms with Crippen LogP contribution in [-0.2, 0) is 28.8 Å². The van der Waals surface area contributed by atoms with Crippen LogP contribution in [0.4, 0.5) is 5.69 Å². The fraction of sp³-hybridized carbons (Fsp3) is 0.235. The first kappa shape index (κ1) is 19.9. The summed E-state index contributed by atoms with van der Waals surface area (Å²) in [4.78, 5) is 45.2. The molecule has 1 rings (SSSR count). The Kier molecular flexibility index (Phi) is 8.45. The van der Waals surface area contributed by atoms with Crippen LogP contribution >= 0.6 is 0 Å². The van der Waals surface area contributed by atoms with Crippen LogP contribution in [0, 0.1) is 0 Å². The maximum atomic E-state index is 11.9. The zero-order chi connectivity index (χ0) is 18.7. The molecule has 0 unspecified atom stereocenters. The highest BCUT2D eigenvalue weighted by Gasteiger charge is 2.17. The van der Waals surface area contributed by atoms with Gasteiger partial charge in [-0.05, 0) is 24.3 Å². The van der Waals surface area contributed by atoms with Crippen molar-refractivity contribution in [1.29, 1.82) is 0 Å². The minimum Gasteiger partial charge on any atom is -0.457 e. The largest absolute Gasteiger partial charge is 0.457 e. The molecule has 0 aromatic heterocycles. The van der Waals surface area contributed by atoms with Crippen LogP contribution in [-0.4, -0.2) is 45.0 Å². The summed E-state index contributed by atoms with van der Waals surface area (Å²) < 4.78 is 9.24. The summed E-state index contributed by atoms with van der Waals surface area (Å²) in [6.07, 6.45) is 2.91. The van der Waals surface area contributed by atoms with E-state index in [0.717, 1.165) is 24.3 Å². The number of hydrogen-bond donors (Lipinski definition) is 0. The monoisotopic (exact) mass is 349 g/mol. The van der Waals surface area contributed by atoms with Crippen LogP contribution in [0.1, 0.15) is 10.4 Å². The average molecular weight is 349 g/mol. The highest BCUT2D eigenvalue weighted by Crippen LogP contribution is 2.13. The Morgan fingerprint density at radius 2 is 1.76 bits per heavy atom. The van der Waals surface area contributed by atoms with Gasteiger partial charge in [0.25, 0.3) is 5.78 Å². The number of carbonyl (C=O) groups excluding carboxylic acids is 3. The molecule has 0 aliphatic heterocycles. The fourth-order valence-electron chi connectivity index (χ4n) is 1.52. The van der Waals surface area contributed by atoms with Crippen molar-refractivity contribution in [3.8, 4) is 0 Å². The number of anilines is 1. The Labute approximate surface area is 145 Å². The normalized spacial score (nSPS) is 10.2. The van der Waals surface area contributed by atoms with Gasteiger partial charge >= 0.3 is 11.9 Å². The lowest BCUT2D eigenvalue weighted by Crippen LogP contribution is -2.20. The highest BCUT2D eigenvalue weighted by molar-refractivity contribution is 6.40. The zero-order valence-electron chi connectivity index (χ0n) is 14.0. The maximum absolute atomic E-state index is 11.9. The van der Waals surface area contributed by atoms with E-state index in [2.05, 4.69) is 21.1 Å². The van der Waals surface area contributed by atoms with E-state index in [0.29, 0.717) is 0 Å². The summed E-state index contributed by atoms with van der Waals surface area (Å²) in [6.45, 7) is 2.91. The number of ketones is 1. The number of hydrogen-bond acceptors (Lipinski definition) is 8. The molecule has 1 aromatic rings. The summed E-state index contributed by atoms with van der Waals surface area (Å²) in [5, 5.41) is 0. The van der Waals surface area contributed by atoms with Crippen LogP contribution in [0.2, 0.25) is 0 Å². The molecule has 0 saturated carbocycles. The van der Waals surface area contributed by atoms with E-state index in [9.17, 15) is 14.4 Å². The predicted molar refractivity (Wildman–Crippen MR) is 88.5 cm³/mol. The Hall–Kier alpha value is -3.13. The van der Waals surface area contributed by atoms with Gasteiger partial charge in [0, 0.05) is 31.4 Å². The van der Waals surface area contributed by atoms with Crippen molar-refractivity contribution in [2.24, 2.45) is 0 Å². The number of nitrogens with zero attached hydrogens (tertiary/aromatic N) is 1. The molecule has 0 fully saturated rings. The van der Waals surface area contributed by atoms with Crippen LogP contribution in [0.3, 0.4) is 0 Å². The maximum Gasteiger partial charge on any atom is 0.379 e. The van der Waals surface area contributed by atoms with Crippen molar-refractivity contribution >= 4 is 23.4 Å². The lowest BCUT2D eigenvalue weighted by Gasteiger charge is -2.12. The van der Waals surface area contributed by atoms with E-state index in [1.807, 2.05) is 19.0 Å². The second-order valence-electron chi connectivity index (χ2n) is 4.74. The summed E-state index contributed by atoms with van der Waals surface area (Å²) in [6, 6.07) is 6.55. The minimum absolute atomic E-state index is 0.113. The van der Waals surface area contributed by atoms with Gasteiger partial charge in [-0.2, -0.15) is 4.89 Å². The van der Waals surface area contributed by atoms with E-state index >= 15 is 0 Å². The van der Waals surface area contributed by atoms with Crippen molar-refractivity contribution in [2.45, 2.75) is 0 Å². The van der Waals surface area contributed by atoms with Gasteiger partial charge in [-0.15, -0.1) is 0 Å². The van der Waals surface area contributed by atoms with Crippen molar-refractivity contribution in [3.63, 3.8) is 0 Å². The van der Waals surface area contributed by atoms with Gasteiger partial charge in [-0.25, -0.2) is 9.59 Å². The van der Waals surface area contributed by atoms with E-state index < -0.39 is 17.7 Å². The molecule has 0 spiro atoms. The molecule has 134 valence electrons. The van der Waals surface area contributed by atoms with Gasteiger partial charge in [-0.3, -0.25) is 4.79 Å². The number of benzene rings is 1. The zero-order valence-corrected chi connectivity index (χ0v) is 14.0. The topological polar surface area (TPSA) is 91.4 Å². The van der Waals surface area contributed by atoms with Crippen LogP contribution in [0.5, 0.6) is 0 Å². The first-order chi connectivity index (χ1) is 12.0. The molecule has 0 atom stereocenters. The molecule has 1 aromatic carbocycles. The van der Waals surface area contributed by atoms with Gasteiger partial charge < -0.3 is 19.3 Å². The quantitative estimate of drug-likeness (QED) is 0.0920. The van der Waals surface area contributed by atoms with E-state index in [4.69, 9.17) is 4.74 Å². The Morgan fingerprint density at radius 3 is 2.36 bits per heavy atom. The van der Waals surface area contributed by atoms with E-state index in [1.54, 1.807) is 24.3 Å². The highest BCUT2D eigenvalue weighted by atomic mass is 17.2. The molecule has 0 aliphatic rings. The molecular weight excluding hydrogens is 330 g/mol. The molecule has 0 bridgehead atoms. The van der Waals surface area contributed by atoms with Crippen molar-refractivity contribution in [3.05, 3.63) is 55.0 Å². The van der Waals surface area contributed by atoms with Crippen molar-refractivity contribution in [1.82, 2.24) is 0 Å². The Bertz CT molecular complexity index is 635. The third-order valence-corrected chi connectivity index (χ3v) is 2.76. The number of rotatable bonds is 10. The average Bonchev–Trinajstić information content (AvgIpc) is 2.62. The molecular formula is C17H19NO7. The van der Waals surface area contributed by atoms with Gasteiger partial charge in [0.05, 0.1) is 0 Å². The van der Waals surface area contributed by atoms with Gasteiger partial charge in [0.15, 0.2) is 6.26 Å². The lowest BCUT2D eigenvalue weighted by atomic mass is 10.1. The van der Waals surface area contributed by atoms with Crippen molar-refractivity contribution in [2.75, 3.05) is 32.2 Å². The molecule has 0 heterocycles.